The summed E-state index contributed by atoms with van der Waals surface area (Å²) in [7, 11) is 0. The molecule has 0 atom stereocenters. The third kappa shape index (κ3) is 5.70. The molecule has 0 N–H and O–H groups in total. The third-order valence-electron chi connectivity index (χ3n) is 4.96. The molecule has 30 heavy (non-hydrogen) atoms. The maximum atomic E-state index is 13.0. The van der Waals surface area contributed by atoms with Crippen molar-refractivity contribution >= 4 is 17.2 Å². The number of ether oxygens (including phenoxy) is 1. The van der Waals surface area contributed by atoms with E-state index in [0.29, 0.717) is 31.2 Å². The van der Waals surface area contributed by atoms with Crippen LogP contribution in [-0.4, -0.2) is 22.3 Å². The van der Waals surface area contributed by atoms with Gasteiger partial charge in [-0.15, -0.1) is 11.3 Å². The Labute approximate surface area is 183 Å². The first kappa shape index (κ1) is 22.0. The minimum Gasteiger partial charge on any atom is -0.486 e. The van der Waals surface area contributed by atoms with E-state index in [9.17, 15) is 4.79 Å². The first-order valence-electron chi connectivity index (χ1n) is 10.3. The molecule has 3 aromatic rings. The van der Waals surface area contributed by atoms with Gasteiger partial charge in [0.05, 0.1) is 12.2 Å². The lowest BCUT2D eigenvalue weighted by Crippen LogP contribution is -2.33. The molecule has 0 fully saturated rings. The molecule has 3 rings (SSSR count). The van der Waals surface area contributed by atoms with Crippen LogP contribution in [0.1, 0.15) is 51.6 Å². The van der Waals surface area contributed by atoms with Gasteiger partial charge in [-0.25, -0.2) is 4.98 Å². The van der Waals surface area contributed by atoms with Crippen LogP contribution in [0.2, 0.25) is 0 Å². The maximum Gasteiger partial charge on any atom is 0.254 e. The fourth-order valence-electron chi connectivity index (χ4n) is 3.40. The number of aromatic nitrogens is 1. The van der Waals surface area contributed by atoms with Gasteiger partial charge < -0.3 is 9.64 Å². The summed E-state index contributed by atoms with van der Waals surface area (Å²) < 4.78 is 6.05. The second-order valence-corrected chi connectivity index (χ2v) is 9.11. The average molecular weight is 423 g/mol. The average Bonchev–Trinajstić information content (AvgIpc) is 3.16. The van der Waals surface area contributed by atoms with Crippen LogP contribution < -0.4 is 4.74 Å². The van der Waals surface area contributed by atoms with Crippen molar-refractivity contribution in [3.05, 3.63) is 80.8 Å². The molecule has 0 aliphatic carbocycles. The molecule has 1 amide bonds. The lowest BCUT2D eigenvalue weighted by Gasteiger charge is -2.24. The molecule has 0 saturated carbocycles. The van der Waals surface area contributed by atoms with E-state index in [2.05, 4.69) is 46.8 Å². The van der Waals surface area contributed by atoms with E-state index in [1.807, 2.05) is 40.6 Å². The minimum atomic E-state index is 0.0426. The van der Waals surface area contributed by atoms with E-state index in [1.54, 1.807) is 11.3 Å². The Hall–Kier alpha value is -2.66. The van der Waals surface area contributed by atoms with Crippen molar-refractivity contribution in [2.24, 2.45) is 5.92 Å². The Morgan fingerprint density at radius 1 is 1.13 bits per heavy atom. The Balaban J connectivity index is 1.68. The first-order chi connectivity index (χ1) is 14.3. The van der Waals surface area contributed by atoms with Crippen LogP contribution in [0.3, 0.4) is 0 Å². The highest BCUT2D eigenvalue weighted by molar-refractivity contribution is 7.09. The van der Waals surface area contributed by atoms with Gasteiger partial charge in [-0.3, -0.25) is 4.79 Å². The SMILES string of the molecule is Cc1cc(C)c(C)c(OCc2nc(CN(CC(C)C)C(=O)c3ccccc3)cs2)c1. The second-order valence-electron chi connectivity index (χ2n) is 8.17. The molecule has 0 aliphatic rings. The monoisotopic (exact) mass is 422 g/mol. The van der Waals surface area contributed by atoms with Gasteiger partial charge in [0.2, 0.25) is 0 Å². The van der Waals surface area contributed by atoms with E-state index in [0.717, 1.165) is 22.0 Å². The van der Waals surface area contributed by atoms with Crippen molar-refractivity contribution in [1.29, 1.82) is 0 Å². The number of amides is 1. The molecule has 0 bridgehead atoms. The summed E-state index contributed by atoms with van der Waals surface area (Å²) >= 11 is 1.58. The summed E-state index contributed by atoms with van der Waals surface area (Å²) in [5.41, 5.74) is 5.20. The fraction of sp³-hybridized carbons (Fsp3) is 0.360. The summed E-state index contributed by atoms with van der Waals surface area (Å²) in [6.45, 7) is 12.1. The topological polar surface area (TPSA) is 42.4 Å². The number of carbonyl (C=O) groups excluding carboxylic acids is 1. The third-order valence-corrected chi connectivity index (χ3v) is 5.83. The molecule has 2 aromatic carbocycles. The number of hydrogen-bond acceptors (Lipinski definition) is 4. The lowest BCUT2D eigenvalue weighted by atomic mass is 10.1. The van der Waals surface area contributed by atoms with Gasteiger partial charge in [0.25, 0.3) is 5.91 Å². The quantitative estimate of drug-likeness (QED) is 0.451. The largest absolute Gasteiger partial charge is 0.486 e. The van der Waals surface area contributed by atoms with E-state index in [-0.39, 0.29) is 5.91 Å². The zero-order valence-corrected chi connectivity index (χ0v) is 19.3. The predicted molar refractivity (Wildman–Crippen MR) is 123 cm³/mol. The van der Waals surface area contributed by atoms with E-state index >= 15 is 0 Å². The molecule has 0 saturated heterocycles. The zero-order valence-electron chi connectivity index (χ0n) is 18.4. The molecule has 158 valence electrons. The molecular weight excluding hydrogens is 392 g/mol. The summed E-state index contributed by atoms with van der Waals surface area (Å²) in [4.78, 5) is 19.6. The van der Waals surface area contributed by atoms with Crippen LogP contribution in [0, 0.1) is 26.7 Å². The molecule has 0 unspecified atom stereocenters. The molecule has 1 heterocycles. The van der Waals surface area contributed by atoms with Crippen LogP contribution in [0.4, 0.5) is 0 Å². The first-order valence-corrected chi connectivity index (χ1v) is 11.2. The normalized spacial score (nSPS) is 11.0. The molecule has 0 radical (unpaired) electrons. The number of rotatable bonds is 8. The van der Waals surface area contributed by atoms with Gasteiger partial charge in [-0.2, -0.15) is 0 Å². The standard InChI is InChI=1S/C25H30N2O2S/c1-17(2)13-27(25(28)21-9-7-6-8-10-21)14-22-16-30-24(26-22)15-29-23-12-18(3)11-19(4)20(23)5/h6-12,16-17H,13-15H2,1-5H3. The van der Waals surface area contributed by atoms with Crippen molar-refractivity contribution in [2.45, 2.75) is 47.8 Å². The predicted octanol–water partition coefficient (Wildman–Crippen LogP) is 5.95. The maximum absolute atomic E-state index is 13.0. The fourth-order valence-corrected chi connectivity index (χ4v) is 4.09. The summed E-state index contributed by atoms with van der Waals surface area (Å²) in [5, 5.41) is 2.94. The highest BCUT2D eigenvalue weighted by Gasteiger charge is 2.18. The molecule has 1 aromatic heterocycles. The van der Waals surface area contributed by atoms with E-state index < -0.39 is 0 Å². The summed E-state index contributed by atoms with van der Waals surface area (Å²) in [6, 6.07) is 13.7. The van der Waals surface area contributed by atoms with Crippen molar-refractivity contribution in [3.63, 3.8) is 0 Å². The van der Waals surface area contributed by atoms with E-state index in [4.69, 9.17) is 9.72 Å². The minimum absolute atomic E-state index is 0.0426. The second kappa shape index (κ2) is 9.90. The highest BCUT2D eigenvalue weighted by Crippen LogP contribution is 2.25. The van der Waals surface area contributed by atoms with Crippen molar-refractivity contribution in [3.8, 4) is 5.75 Å². The number of hydrogen-bond donors (Lipinski definition) is 0. The highest BCUT2D eigenvalue weighted by atomic mass is 32.1. The van der Waals surface area contributed by atoms with Crippen molar-refractivity contribution < 1.29 is 9.53 Å². The van der Waals surface area contributed by atoms with Crippen molar-refractivity contribution in [1.82, 2.24) is 9.88 Å². The van der Waals surface area contributed by atoms with Gasteiger partial charge >= 0.3 is 0 Å². The molecular formula is C25H30N2O2S. The Morgan fingerprint density at radius 3 is 2.57 bits per heavy atom. The zero-order chi connectivity index (χ0) is 21.7. The van der Waals surface area contributed by atoms with Crippen LogP contribution in [0.15, 0.2) is 47.8 Å². The van der Waals surface area contributed by atoms with Crippen LogP contribution in [-0.2, 0) is 13.2 Å². The Kier molecular flexibility index (Phi) is 7.27. The summed E-state index contributed by atoms with van der Waals surface area (Å²) in [5.74, 6) is 1.33. The van der Waals surface area contributed by atoms with Crippen LogP contribution >= 0.6 is 11.3 Å². The van der Waals surface area contributed by atoms with Gasteiger partial charge in [0.1, 0.15) is 17.4 Å². The van der Waals surface area contributed by atoms with Gasteiger partial charge in [0, 0.05) is 17.5 Å². The van der Waals surface area contributed by atoms with Crippen molar-refractivity contribution in [2.75, 3.05) is 6.54 Å². The van der Waals surface area contributed by atoms with E-state index in [1.165, 1.54) is 11.1 Å². The molecule has 4 nitrogen and oxygen atoms in total. The van der Waals surface area contributed by atoms with Crippen LogP contribution in [0.25, 0.3) is 0 Å². The lowest BCUT2D eigenvalue weighted by molar-refractivity contribution is 0.0720. The Bertz CT molecular complexity index is 996. The van der Waals surface area contributed by atoms with Gasteiger partial charge in [0.15, 0.2) is 0 Å². The number of aryl methyl sites for hydroxylation is 2. The smallest absolute Gasteiger partial charge is 0.254 e. The number of nitrogens with zero attached hydrogens (tertiary/aromatic N) is 2. The molecule has 0 spiro atoms. The van der Waals surface area contributed by atoms with Gasteiger partial charge in [-0.05, 0) is 61.6 Å². The number of carbonyl (C=O) groups is 1. The number of benzene rings is 2. The number of thiazole rings is 1. The Morgan fingerprint density at radius 2 is 1.87 bits per heavy atom. The van der Waals surface area contributed by atoms with Crippen LogP contribution in [0.5, 0.6) is 5.75 Å². The summed E-state index contributed by atoms with van der Waals surface area (Å²) in [6.07, 6.45) is 0. The van der Waals surface area contributed by atoms with Gasteiger partial charge in [-0.1, -0.05) is 38.1 Å². The molecule has 5 heteroatoms. The molecule has 0 aliphatic heterocycles.